The molecule has 2 unspecified atom stereocenters. The monoisotopic (exact) mass is 347 g/mol. The van der Waals surface area contributed by atoms with Crippen LogP contribution >= 0.6 is 0 Å². The summed E-state index contributed by atoms with van der Waals surface area (Å²) in [7, 11) is 0. The van der Waals surface area contributed by atoms with Crippen LogP contribution in [-0.2, 0) is 0 Å². The second kappa shape index (κ2) is 5.51. The van der Waals surface area contributed by atoms with E-state index in [4.69, 9.17) is 0 Å². The number of nitrogens with zero attached hydrogens (tertiary/aromatic N) is 2. The van der Waals surface area contributed by atoms with Gasteiger partial charge >= 0.3 is 5.69 Å². The lowest BCUT2D eigenvalue weighted by atomic mass is 10.1. The van der Waals surface area contributed by atoms with Crippen LogP contribution in [0, 0.1) is 17.5 Å². The van der Waals surface area contributed by atoms with Crippen molar-refractivity contribution in [3.05, 3.63) is 70.2 Å². The zero-order valence-corrected chi connectivity index (χ0v) is 12.7. The van der Waals surface area contributed by atoms with E-state index in [1.54, 1.807) is 18.3 Å². The van der Waals surface area contributed by atoms with E-state index in [1.165, 1.54) is 10.8 Å². The molecule has 25 heavy (non-hydrogen) atoms. The van der Waals surface area contributed by atoms with Gasteiger partial charge in [-0.2, -0.15) is 0 Å². The van der Waals surface area contributed by atoms with E-state index < -0.39 is 17.5 Å². The van der Waals surface area contributed by atoms with E-state index in [2.05, 4.69) is 9.97 Å². The Morgan fingerprint density at radius 2 is 1.92 bits per heavy atom. The predicted octanol–water partition coefficient (Wildman–Crippen LogP) is 3.09. The third kappa shape index (κ3) is 2.59. The third-order valence-corrected chi connectivity index (χ3v) is 4.37. The molecule has 2 aromatic heterocycles. The summed E-state index contributed by atoms with van der Waals surface area (Å²) in [6.07, 6.45) is 3.46. The summed E-state index contributed by atoms with van der Waals surface area (Å²) in [5, 5.41) is 9.69. The number of aromatic hydroxyl groups is 1. The van der Waals surface area contributed by atoms with Crippen molar-refractivity contribution in [3.63, 3.8) is 0 Å². The summed E-state index contributed by atoms with van der Waals surface area (Å²) in [4.78, 5) is 18.2. The Balaban J connectivity index is 1.59. The van der Waals surface area contributed by atoms with Gasteiger partial charge in [0.25, 0.3) is 0 Å². The summed E-state index contributed by atoms with van der Waals surface area (Å²) in [6.45, 7) is 0. The molecular formula is C17H12F3N3O2. The van der Waals surface area contributed by atoms with Crippen molar-refractivity contribution in [1.29, 1.82) is 0 Å². The van der Waals surface area contributed by atoms with Crippen molar-refractivity contribution < 1.29 is 18.3 Å². The highest BCUT2D eigenvalue weighted by Gasteiger charge is 2.42. The normalized spacial score (nSPS) is 19.2. The number of halogens is 3. The number of pyridine rings is 1. The van der Waals surface area contributed by atoms with E-state index in [1.807, 2.05) is 0 Å². The van der Waals surface area contributed by atoms with Crippen molar-refractivity contribution in [2.75, 3.05) is 0 Å². The van der Waals surface area contributed by atoms with Crippen LogP contribution in [0.5, 0.6) is 5.88 Å². The van der Waals surface area contributed by atoms with Gasteiger partial charge in [0.1, 0.15) is 0 Å². The minimum Gasteiger partial charge on any atom is -0.493 e. The molecule has 0 saturated heterocycles. The quantitative estimate of drug-likeness (QED) is 0.715. The molecular weight excluding hydrogens is 335 g/mol. The smallest absolute Gasteiger partial charge is 0.328 e. The van der Waals surface area contributed by atoms with Crippen LogP contribution in [-0.4, -0.2) is 19.6 Å². The highest BCUT2D eigenvalue weighted by molar-refractivity contribution is 5.59. The lowest BCUT2D eigenvalue weighted by molar-refractivity contribution is 0.413. The van der Waals surface area contributed by atoms with Crippen LogP contribution in [0.3, 0.4) is 0 Å². The van der Waals surface area contributed by atoms with Gasteiger partial charge in [-0.15, -0.1) is 0 Å². The molecule has 0 bridgehead atoms. The maximum Gasteiger partial charge on any atom is 0.328 e. The van der Waals surface area contributed by atoms with Crippen molar-refractivity contribution in [2.24, 2.45) is 0 Å². The molecule has 3 aromatic rings. The van der Waals surface area contributed by atoms with Gasteiger partial charge in [0.05, 0.1) is 11.9 Å². The standard InChI is InChI=1S/C17H12F3N3O2/c18-11-3-9(4-12(19)16(11)20)13-2-1-8(6-21-13)10-5-14(10)23-15(24)7-22-17(23)25/h1-4,6-7,10,14,24H,5H2,(H,22,25). The molecule has 128 valence electrons. The Morgan fingerprint density at radius 1 is 1.20 bits per heavy atom. The molecule has 2 atom stereocenters. The van der Waals surface area contributed by atoms with E-state index in [0.29, 0.717) is 12.1 Å². The number of benzene rings is 1. The Bertz CT molecular complexity index is 988. The first-order valence-electron chi connectivity index (χ1n) is 7.55. The summed E-state index contributed by atoms with van der Waals surface area (Å²) in [5.74, 6) is -4.17. The van der Waals surface area contributed by atoms with Crippen LogP contribution in [0.25, 0.3) is 11.3 Å². The maximum absolute atomic E-state index is 13.3. The third-order valence-electron chi connectivity index (χ3n) is 4.37. The van der Waals surface area contributed by atoms with E-state index >= 15 is 0 Å². The van der Waals surface area contributed by atoms with Crippen molar-refractivity contribution >= 4 is 0 Å². The summed E-state index contributed by atoms with van der Waals surface area (Å²) >= 11 is 0. The molecule has 1 fully saturated rings. The largest absolute Gasteiger partial charge is 0.493 e. The molecule has 5 nitrogen and oxygen atoms in total. The lowest BCUT2D eigenvalue weighted by Crippen LogP contribution is -2.15. The SMILES string of the molecule is O=c1[nH]cc(O)n1C1CC1c1ccc(-c2cc(F)c(F)c(F)c2)nc1. The number of aromatic amines is 1. The summed E-state index contributed by atoms with van der Waals surface area (Å²) in [6, 6.07) is 4.93. The van der Waals surface area contributed by atoms with Crippen molar-refractivity contribution in [3.8, 4) is 17.1 Å². The minimum absolute atomic E-state index is 0.0163. The van der Waals surface area contributed by atoms with Crippen molar-refractivity contribution in [2.45, 2.75) is 18.4 Å². The number of hydrogen-bond donors (Lipinski definition) is 2. The fraction of sp³-hybridized carbons (Fsp3) is 0.176. The molecule has 4 rings (SSSR count). The second-order valence-corrected chi connectivity index (χ2v) is 5.96. The van der Waals surface area contributed by atoms with E-state index in [0.717, 1.165) is 17.7 Å². The lowest BCUT2D eigenvalue weighted by Gasteiger charge is -2.06. The van der Waals surface area contributed by atoms with E-state index in [9.17, 15) is 23.1 Å². The van der Waals surface area contributed by atoms with Crippen LogP contribution in [0.2, 0.25) is 0 Å². The Kier molecular flexibility index (Phi) is 3.41. The van der Waals surface area contributed by atoms with Gasteiger partial charge in [-0.1, -0.05) is 6.07 Å². The Labute approximate surface area is 139 Å². The first-order chi connectivity index (χ1) is 12.0. The predicted molar refractivity (Wildman–Crippen MR) is 82.7 cm³/mol. The van der Waals surface area contributed by atoms with Gasteiger partial charge in [-0.05, 0) is 30.2 Å². The second-order valence-electron chi connectivity index (χ2n) is 5.96. The molecule has 0 spiro atoms. The molecule has 2 N–H and O–H groups in total. The van der Waals surface area contributed by atoms with Gasteiger partial charge in [0.15, 0.2) is 17.5 Å². The zero-order valence-electron chi connectivity index (χ0n) is 12.7. The summed E-state index contributed by atoms with van der Waals surface area (Å²) < 4.78 is 41.0. The molecule has 8 heteroatoms. The number of hydrogen-bond acceptors (Lipinski definition) is 3. The van der Waals surface area contributed by atoms with Crippen LogP contribution in [0.15, 0.2) is 41.5 Å². The average molecular weight is 347 g/mol. The van der Waals surface area contributed by atoms with E-state index in [-0.39, 0.29) is 29.1 Å². The van der Waals surface area contributed by atoms with Gasteiger partial charge in [0.2, 0.25) is 5.88 Å². The minimum atomic E-state index is -1.52. The number of nitrogens with one attached hydrogen (secondary N) is 1. The number of imidazole rings is 1. The number of H-pyrrole nitrogens is 1. The highest BCUT2D eigenvalue weighted by Crippen LogP contribution is 2.51. The first-order valence-corrected chi connectivity index (χ1v) is 7.55. The molecule has 0 amide bonds. The molecule has 0 aliphatic heterocycles. The van der Waals surface area contributed by atoms with Crippen LogP contribution in [0.4, 0.5) is 13.2 Å². The van der Waals surface area contributed by atoms with Crippen LogP contribution < -0.4 is 5.69 Å². The molecule has 1 aromatic carbocycles. The van der Waals surface area contributed by atoms with Gasteiger partial charge in [-0.25, -0.2) is 18.0 Å². The molecule has 1 aliphatic carbocycles. The highest BCUT2D eigenvalue weighted by atomic mass is 19.2. The molecule has 2 heterocycles. The van der Waals surface area contributed by atoms with Gasteiger partial charge < -0.3 is 10.1 Å². The number of aromatic nitrogens is 3. The maximum atomic E-state index is 13.3. The first kappa shape index (κ1) is 15.5. The molecule has 1 aliphatic rings. The van der Waals surface area contributed by atoms with Crippen molar-refractivity contribution in [1.82, 2.24) is 14.5 Å². The fourth-order valence-corrected chi connectivity index (χ4v) is 3.01. The van der Waals surface area contributed by atoms with Crippen LogP contribution in [0.1, 0.15) is 23.9 Å². The molecule has 0 radical (unpaired) electrons. The average Bonchev–Trinajstić information content (AvgIpc) is 3.31. The zero-order chi connectivity index (χ0) is 17.7. The van der Waals surface area contributed by atoms with Gasteiger partial charge in [0, 0.05) is 23.7 Å². The Hall–Kier alpha value is -3.03. The molecule has 1 saturated carbocycles. The number of rotatable bonds is 3. The Morgan fingerprint density at radius 3 is 2.48 bits per heavy atom. The fourth-order valence-electron chi connectivity index (χ4n) is 3.01. The summed E-state index contributed by atoms with van der Waals surface area (Å²) in [5.41, 5.74) is 0.895. The van der Waals surface area contributed by atoms with Gasteiger partial charge in [-0.3, -0.25) is 9.55 Å². The topological polar surface area (TPSA) is 70.9 Å².